The molecule has 27 heavy (non-hydrogen) atoms. The third-order valence-corrected chi connectivity index (χ3v) is 4.47. The Labute approximate surface area is 158 Å². The van der Waals surface area contributed by atoms with Gasteiger partial charge in [-0.2, -0.15) is 0 Å². The third-order valence-electron chi connectivity index (χ3n) is 4.47. The summed E-state index contributed by atoms with van der Waals surface area (Å²) in [6.45, 7) is 4.15. The van der Waals surface area contributed by atoms with Gasteiger partial charge in [0.25, 0.3) is 0 Å². The van der Waals surface area contributed by atoms with Crippen molar-refractivity contribution in [1.82, 2.24) is 5.32 Å². The van der Waals surface area contributed by atoms with Gasteiger partial charge in [-0.05, 0) is 51.3 Å². The van der Waals surface area contributed by atoms with Gasteiger partial charge >= 0.3 is 12.0 Å². The van der Waals surface area contributed by atoms with Crippen molar-refractivity contribution >= 4 is 29.3 Å². The smallest absolute Gasteiger partial charge is 0.319 e. The van der Waals surface area contributed by atoms with E-state index in [0.29, 0.717) is 36.5 Å². The van der Waals surface area contributed by atoms with Crippen LogP contribution in [0, 0.1) is 0 Å². The molecule has 0 aromatic heterocycles. The lowest BCUT2D eigenvalue weighted by molar-refractivity contribution is -0.137. The number of carbonyl (C=O) groups is 3. The maximum absolute atomic E-state index is 12.3. The summed E-state index contributed by atoms with van der Waals surface area (Å²) in [5, 5.41) is 14.3. The number of hydrogen-bond acceptors (Lipinski definition) is 4. The number of carboxylic acid groups (broad SMARTS) is 1. The number of nitrogens with zero attached hydrogens (tertiary/aromatic N) is 1. The second-order valence-corrected chi connectivity index (χ2v) is 7.25. The number of piperidine rings is 1. The van der Waals surface area contributed by atoms with E-state index in [-0.39, 0.29) is 12.3 Å². The average molecular weight is 377 g/mol. The van der Waals surface area contributed by atoms with Gasteiger partial charge in [0, 0.05) is 30.6 Å². The average Bonchev–Trinajstić information content (AvgIpc) is 2.60. The van der Waals surface area contributed by atoms with Crippen LogP contribution in [0.4, 0.5) is 16.2 Å². The molecule has 1 aromatic rings. The van der Waals surface area contributed by atoms with Crippen LogP contribution in [0.25, 0.3) is 0 Å². The van der Waals surface area contributed by atoms with Gasteiger partial charge < -0.3 is 25.4 Å². The number of carbonyl (C=O) groups excluding carboxylic acids is 2. The lowest BCUT2D eigenvalue weighted by Gasteiger charge is -2.29. The second-order valence-electron chi connectivity index (χ2n) is 7.25. The van der Waals surface area contributed by atoms with Crippen molar-refractivity contribution in [3.63, 3.8) is 0 Å². The number of nitrogens with one attached hydrogen (secondary N) is 2. The highest BCUT2D eigenvalue weighted by atomic mass is 16.5. The van der Waals surface area contributed by atoms with Crippen molar-refractivity contribution in [2.24, 2.45) is 0 Å². The molecular weight excluding hydrogens is 350 g/mol. The van der Waals surface area contributed by atoms with Gasteiger partial charge in [0.1, 0.15) is 5.75 Å². The van der Waals surface area contributed by atoms with E-state index in [2.05, 4.69) is 10.6 Å². The molecule has 148 valence electrons. The molecular formula is C19H27N3O5. The van der Waals surface area contributed by atoms with E-state index in [1.807, 2.05) is 0 Å². The predicted molar refractivity (Wildman–Crippen MR) is 102 cm³/mol. The summed E-state index contributed by atoms with van der Waals surface area (Å²) in [4.78, 5) is 36.9. The van der Waals surface area contributed by atoms with E-state index in [0.717, 1.165) is 12.8 Å². The van der Waals surface area contributed by atoms with Crippen LogP contribution < -0.4 is 20.3 Å². The van der Waals surface area contributed by atoms with Crippen molar-refractivity contribution in [3.8, 4) is 5.75 Å². The van der Waals surface area contributed by atoms with Crippen LogP contribution in [0.1, 0.15) is 46.0 Å². The molecule has 1 fully saturated rings. The fourth-order valence-electron chi connectivity index (χ4n) is 2.99. The molecule has 1 aromatic carbocycles. The summed E-state index contributed by atoms with van der Waals surface area (Å²) in [6, 6.07) is 4.68. The third kappa shape index (κ3) is 5.87. The van der Waals surface area contributed by atoms with Crippen molar-refractivity contribution in [1.29, 1.82) is 0 Å². The zero-order chi connectivity index (χ0) is 20.0. The number of rotatable bonds is 7. The number of anilines is 2. The number of hydrogen-bond donors (Lipinski definition) is 3. The SMILES string of the molecule is COc1ccc(NC(=O)NC(C)(C)CCC(=O)O)cc1N1CCCCC1=O. The summed E-state index contributed by atoms with van der Waals surface area (Å²) < 4.78 is 5.36. The minimum absolute atomic E-state index is 0.0307. The molecule has 8 nitrogen and oxygen atoms in total. The number of methoxy groups -OCH3 is 1. The predicted octanol–water partition coefficient (Wildman–Crippen LogP) is 2.98. The van der Waals surface area contributed by atoms with E-state index in [1.165, 1.54) is 7.11 Å². The molecule has 0 bridgehead atoms. The van der Waals surface area contributed by atoms with Gasteiger partial charge in [-0.1, -0.05) is 0 Å². The summed E-state index contributed by atoms with van der Waals surface area (Å²) in [5.74, 6) is -0.301. The van der Waals surface area contributed by atoms with Gasteiger partial charge in [0.2, 0.25) is 5.91 Å². The van der Waals surface area contributed by atoms with Gasteiger partial charge in [0.15, 0.2) is 0 Å². The summed E-state index contributed by atoms with van der Waals surface area (Å²) in [6.07, 6.45) is 2.58. The Hall–Kier alpha value is -2.77. The van der Waals surface area contributed by atoms with Crippen LogP contribution in [-0.4, -0.2) is 42.2 Å². The van der Waals surface area contributed by atoms with Gasteiger partial charge in [0.05, 0.1) is 12.8 Å². The molecule has 0 radical (unpaired) electrons. The maximum Gasteiger partial charge on any atom is 0.319 e. The second kappa shape index (κ2) is 8.75. The van der Waals surface area contributed by atoms with Crippen molar-refractivity contribution < 1.29 is 24.2 Å². The molecule has 3 N–H and O–H groups in total. The molecule has 0 spiro atoms. The van der Waals surface area contributed by atoms with Gasteiger partial charge in [-0.25, -0.2) is 4.79 Å². The van der Waals surface area contributed by atoms with Crippen LogP contribution >= 0.6 is 0 Å². The Morgan fingerprint density at radius 2 is 2.04 bits per heavy atom. The van der Waals surface area contributed by atoms with Crippen LogP contribution in [0.15, 0.2) is 18.2 Å². The highest BCUT2D eigenvalue weighted by Crippen LogP contribution is 2.33. The fraction of sp³-hybridized carbons (Fsp3) is 0.526. The minimum Gasteiger partial charge on any atom is -0.495 e. The van der Waals surface area contributed by atoms with Crippen LogP contribution in [-0.2, 0) is 9.59 Å². The van der Waals surface area contributed by atoms with E-state index < -0.39 is 17.5 Å². The molecule has 0 aliphatic carbocycles. The maximum atomic E-state index is 12.3. The standard InChI is InChI=1S/C19H27N3O5/c1-19(2,10-9-17(24)25)21-18(26)20-13-7-8-15(27-3)14(12-13)22-11-5-4-6-16(22)23/h7-8,12H,4-6,9-11H2,1-3H3,(H,24,25)(H2,20,21,26). The van der Waals surface area contributed by atoms with Gasteiger partial charge in [-0.3, -0.25) is 9.59 Å². The lowest BCUT2D eigenvalue weighted by Crippen LogP contribution is -2.45. The highest BCUT2D eigenvalue weighted by Gasteiger charge is 2.24. The highest BCUT2D eigenvalue weighted by molar-refractivity contribution is 5.97. The largest absolute Gasteiger partial charge is 0.495 e. The van der Waals surface area contributed by atoms with E-state index in [9.17, 15) is 14.4 Å². The zero-order valence-corrected chi connectivity index (χ0v) is 16.0. The van der Waals surface area contributed by atoms with E-state index >= 15 is 0 Å². The molecule has 1 saturated heterocycles. The Morgan fingerprint density at radius 3 is 2.67 bits per heavy atom. The Kier molecular flexibility index (Phi) is 6.65. The van der Waals surface area contributed by atoms with Crippen molar-refractivity contribution in [2.45, 2.75) is 51.5 Å². The summed E-state index contributed by atoms with van der Waals surface area (Å²) >= 11 is 0. The molecule has 8 heteroatoms. The molecule has 2 rings (SSSR count). The number of benzene rings is 1. The molecule has 1 aliphatic heterocycles. The summed E-state index contributed by atoms with van der Waals surface area (Å²) in [7, 11) is 1.54. The van der Waals surface area contributed by atoms with E-state index in [1.54, 1.807) is 36.9 Å². The van der Waals surface area contributed by atoms with Crippen LogP contribution in [0.5, 0.6) is 5.75 Å². The van der Waals surface area contributed by atoms with E-state index in [4.69, 9.17) is 9.84 Å². The number of urea groups is 1. The Bertz CT molecular complexity index is 717. The van der Waals surface area contributed by atoms with Crippen LogP contribution in [0.2, 0.25) is 0 Å². The fourth-order valence-corrected chi connectivity index (χ4v) is 2.99. The minimum atomic E-state index is -0.906. The molecule has 1 aliphatic rings. The summed E-state index contributed by atoms with van der Waals surface area (Å²) in [5.41, 5.74) is 0.487. The molecule has 3 amide bonds. The zero-order valence-electron chi connectivity index (χ0n) is 16.0. The monoisotopic (exact) mass is 377 g/mol. The first-order valence-corrected chi connectivity index (χ1v) is 9.01. The molecule has 0 saturated carbocycles. The van der Waals surface area contributed by atoms with Crippen molar-refractivity contribution in [2.75, 3.05) is 23.9 Å². The van der Waals surface area contributed by atoms with Crippen LogP contribution in [0.3, 0.4) is 0 Å². The number of carboxylic acids is 1. The van der Waals surface area contributed by atoms with Gasteiger partial charge in [-0.15, -0.1) is 0 Å². The van der Waals surface area contributed by atoms with Crippen molar-refractivity contribution in [3.05, 3.63) is 18.2 Å². The quantitative estimate of drug-likeness (QED) is 0.677. The number of ether oxygens (including phenoxy) is 1. The molecule has 0 atom stereocenters. The number of amides is 3. The molecule has 0 unspecified atom stereocenters. The normalized spacial score (nSPS) is 14.6. The lowest BCUT2D eigenvalue weighted by atomic mass is 9.99. The Balaban J connectivity index is 2.10. The Morgan fingerprint density at radius 1 is 1.30 bits per heavy atom. The first kappa shape index (κ1) is 20.5. The topological polar surface area (TPSA) is 108 Å². The number of aliphatic carboxylic acids is 1. The first-order chi connectivity index (χ1) is 12.7. The first-order valence-electron chi connectivity index (χ1n) is 9.01. The molecule has 1 heterocycles.